The number of nitrogens with one attached hydrogen (secondary N) is 2. The van der Waals surface area contributed by atoms with Crippen LogP contribution >= 0.6 is 0 Å². The fourth-order valence-corrected chi connectivity index (χ4v) is 4.55. The lowest BCUT2D eigenvalue weighted by Gasteiger charge is -2.55. The zero-order valence-corrected chi connectivity index (χ0v) is 16.2. The lowest BCUT2D eigenvalue weighted by Crippen LogP contribution is -2.65. The average Bonchev–Trinajstić information content (AvgIpc) is 3.15. The molecule has 1 spiro atoms. The smallest absolute Gasteiger partial charge is 0.241 e. The van der Waals surface area contributed by atoms with Gasteiger partial charge in [-0.05, 0) is 64.3 Å². The predicted octanol–water partition coefficient (Wildman–Crippen LogP) is 3.74. The molecule has 0 bridgehead atoms. The maximum Gasteiger partial charge on any atom is 0.241 e. The third kappa shape index (κ3) is 3.89. The van der Waals surface area contributed by atoms with Gasteiger partial charge in [-0.2, -0.15) is 0 Å². The van der Waals surface area contributed by atoms with Crippen molar-refractivity contribution in [1.29, 1.82) is 0 Å². The van der Waals surface area contributed by atoms with E-state index >= 15 is 0 Å². The number of carbonyl (C=O) groups is 1. The SMILES string of the molecule is CCOc1ccc(NC(=O)[C@H](C)N[C@@H]2C[C@H](OCC)C23CCCC3)cc1. The van der Waals surface area contributed by atoms with Crippen LogP contribution in [-0.2, 0) is 9.53 Å². The number of hydrogen-bond donors (Lipinski definition) is 2. The van der Waals surface area contributed by atoms with Crippen molar-refractivity contribution in [3.05, 3.63) is 24.3 Å². The van der Waals surface area contributed by atoms with E-state index in [1.54, 1.807) is 0 Å². The fraction of sp³-hybridized carbons (Fsp3) is 0.667. The normalized spacial score (nSPS) is 24.9. The summed E-state index contributed by atoms with van der Waals surface area (Å²) in [5.41, 5.74) is 1.03. The first-order valence-corrected chi connectivity index (χ1v) is 10.0. The molecule has 26 heavy (non-hydrogen) atoms. The molecule has 2 fully saturated rings. The molecule has 0 heterocycles. The van der Waals surface area contributed by atoms with Gasteiger partial charge in [-0.25, -0.2) is 0 Å². The second kappa shape index (κ2) is 8.40. The molecule has 5 nitrogen and oxygen atoms in total. The average molecular weight is 360 g/mol. The van der Waals surface area contributed by atoms with Crippen molar-refractivity contribution in [3.8, 4) is 5.75 Å². The van der Waals surface area contributed by atoms with Gasteiger partial charge in [0.05, 0.1) is 18.8 Å². The minimum atomic E-state index is -0.230. The van der Waals surface area contributed by atoms with Crippen LogP contribution in [0.25, 0.3) is 0 Å². The highest BCUT2D eigenvalue weighted by Gasteiger charge is 2.56. The maximum atomic E-state index is 12.6. The molecular weight excluding hydrogens is 328 g/mol. The van der Waals surface area contributed by atoms with E-state index in [1.807, 2.05) is 38.1 Å². The summed E-state index contributed by atoms with van der Waals surface area (Å²) < 4.78 is 11.4. The number of amides is 1. The molecule has 1 aromatic carbocycles. The Morgan fingerprint density at radius 3 is 2.50 bits per heavy atom. The monoisotopic (exact) mass is 360 g/mol. The molecule has 5 heteroatoms. The third-order valence-electron chi connectivity index (χ3n) is 5.96. The van der Waals surface area contributed by atoms with Crippen molar-refractivity contribution in [2.24, 2.45) is 5.41 Å². The van der Waals surface area contributed by atoms with Gasteiger partial charge in [0.15, 0.2) is 0 Å². The van der Waals surface area contributed by atoms with Gasteiger partial charge >= 0.3 is 0 Å². The topological polar surface area (TPSA) is 59.6 Å². The molecule has 0 unspecified atom stereocenters. The number of carbonyl (C=O) groups excluding carboxylic acids is 1. The van der Waals surface area contributed by atoms with E-state index in [0.29, 0.717) is 18.8 Å². The zero-order valence-electron chi connectivity index (χ0n) is 16.2. The molecule has 3 atom stereocenters. The molecule has 2 saturated carbocycles. The van der Waals surface area contributed by atoms with Crippen molar-refractivity contribution < 1.29 is 14.3 Å². The van der Waals surface area contributed by atoms with Gasteiger partial charge < -0.3 is 20.1 Å². The summed E-state index contributed by atoms with van der Waals surface area (Å²) in [7, 11) is 0. The van der Waals surface area contributed by atoms with E-state index < -0.39 is 0 Å². The van der Waals surface area contributed by atoms with Crippen molar-refractivity contribution >= 4 is 11.6 Å². The Hall–Kier alpha value is -1.59. The standard InChI is InChI=1S/C21H32N2O3/c1-4-25-17-10-8-16(9-11-17)23-20(24)15(3)22-18-14-19(26-5-2)21(18)12-6-7-13-21/h8-11,15,18-19,22H,4-7,12-14H2,1-3H3,(H,23,24)/t15-,18+,19-/m0/s1. The molecule has 1 aromatic rings. The predicted molar refractivity (Wildman–Crippen MR) is 104 cm³/mol. The van der Waals surface area contributed by atoms with Gasteiger partial charge in [-0.1, -0.05) is 12.8 Å². The molecule has 2 aliphatic rings. The van der Waals surface area contributed by atoms with Gasteiger partial charge in [0.2, 0.25) is 5.91 Å². The Labute approximate surface area is 156 Å². The molecule has 0 radical (unpaired) electrons. The molecule has 0 aromatic heterocycles. The Bertz CT molecular complexity index is 596. The van der Waals surface area contributed by atoms with Crippen LogP contribution in [0.2, 0.25) is 0 Å². The quantitative estimate of drug-likeness (QED) is 0.741. The summed E-state index contributed by atoms with van der Waals surface area (Å²) >= 11 is 0. The lowest BCUT2D eigenvalue weighted by molar-refractivity contribution is -0.136. The van der Waals surface area contributed by atoms with Crippen LogP contribution in [0.3, 0.4) is 0 Å². The largest absolute Gasteiger partial charge is 0.494 e. The van der Waals surface area contributed by atoms with Crippen LogP contribution in [0.5, 0.6) is 5.75 Å². The van der Waals surface area contributed by atoms with Crippen LogP contribution in [0, 0.1) is 5.41 Å². The van der Waals surface area contributed by atoms with Crippen molar-refractivity contribution in [3.63, 3.8) is 0 Å². The number of anilines is 1. The van der Waals surface area contributed by atoms with E-state index in [9.17, 15) is 4.79 Å². The van der Waals surface area contributed by atoms with Gasteiger partial charge in [0.25, 0.3) is 0 Å². The van der Waals surface area contributed by atoms with Crippen LogP contribution < -0.4 is 15.4 Å². The van der Waals surface area contributed by atoms with Crippen molar-refractivity contribution in [2.75, 3.05) is 18.5 Å². The van der Waals surface area contributed by atoms with Crippen LogP contribution in [0.4, 0.5) is 5.69 Å². The van der Waals surface area contributed by atoms with Crippen LogP contribution in [0.1, 0.15) is 52.9 Å². The minimum Gasteiger partial charge on any atom is -0.494 e. The molecule has 2 N–H and O–H groups in total. The first-order chi connectivity index (χ1) is 12.6. The summed E-state index contributed by atoms with van der Waals surface area (Å²) in [6.07, 6.45) is 6.33. The molecular formula is C21H32N2O3. The molecule has 2 aliphatic carbocycles. The lowest BCUT2D eigenvalue weighted by atomic mass is 9.60. The van der Waals surface area contributed by atoms with E-state index in [2.05, 4.69) is 17.6 Å². The second-order valence-electron chi connectivity index (χ2n) is 7.51. The van der Waals surface area contributed by atoms with E-state index in [1.165, 1.54) is 25.7 Å². The number of ether oxygens (including phenoxy) is 2. The first-order valence-electron chi connectivity index (χ1n) is 10.0. The Balaban J connectivity index is 1.54. The highest BCUT2D eigenvalue weighted by molar-refractivity contribution is 5.94. The van der Waals surface area contributed by atoms with E-state index in [-0.39, 0.29) is 17.4 Å². The highest BCUT2D eigenvalue weighted by Crippen LogP contribution is 2.54. The molecule has 1 amide bonds. The summed E-state index contributed by atoms with van der Waals surface area (Å²) in [5, 5.41) is 6.56. The second-order valence-corrected chi connectivity index (χ2v) is 7.51. The van der Waals surface area contributed by atoms with E-state index in [4.69, 9.17) is 9.47 Å². The summed E-state index contributed by atoms with van der Waals surface area (Å²) in [4.78, 5) is 12.6. The summed E-state index contributed by atoms with van der Waals surface area (Å²) in [6, 6.07) is 7.66. The van der Waals surface area contributed by atoms with Crippen molar-refractivity contribution in [2.45, 2.75) is 71.1 Å². The first kappa shape index (κ1) is 19.2. The zero-order chi connectivity index (χ0) is 18.6. The molecule has 3 rings (SSSR count). The fourth-order valence-electron chi connectivity index (χ4n) is 4.55. The highest BCUT2D eigenvalue weighted by atomic mass is 16.5. The molecule has 144 valence electrons. The summed E-state index contributed by atoms with van der Waals surface area (Å²) in [6.45, 7) is 7.37. The van der Waals surface area contributed by atoms with Crippen LogP contribution in [0.15, 0.2) is 24.3 Å². The number of benzene rings is 1. The number of hydrogen-bond acceptors (Lipinski definition) is 4. The van der Waals surface area contributed by atoms with Crippen molar-refractivity contribution in [1.82, 2.24) is 5.32 Å². The van der Waals surface area contributed by atoms with Gasteiger partial charge in [-0.15, -0.1) is 0 Å². The molecule has 0 saturated heterocycles. The summed E-state index contributed by atoms with van der Waals surface area (Å²) in [5.74, 6) is 0.818. The van der Waals surface area contributed by atoms with Gasteiger partial charge in [0.1, 0.15) is 5.75 Å². The Kier molecular flexibility index (Phi) is 6.20. The Morgan fingerprint density at radius 2 is 1.88 bits per heavy atom. The van der Waals surface area contributed by atoms with Crippen LogP contribution in [-0.4, -0.2) is 37.3 Å². The Morgan fingerprint density at radius 1 is 1.19 bits per heavy atom. The third-order valence-corrected chi connectivity index (χ3v) is 5.96. The van der Waals surface area contributed by atoms with E-state index in [0.717, 1.165) is 24.5 Å². The maximum absolute atomic E-state index is 12.6. The minimum absolute atomic E-state index is 0.00201. The van der Waals surface area contributed by atoms with Gasteiger partial charge in [-0.3, -0.25) is 4.79 Å². The van der Waals surface area contributed by atoms with Gasteiger partial charge in [0, 0.05) is 23.8 Å². The molecule has 0 aliphatic heterocycles. The number of rotatable bonds is 8.